The van der Waals surface area contributed by atoms with E-state index in [0.717, 1.165) is 17.9 Å². The van der Waals surface area contributed by atoms with Crippen LogP contribution < -0.4 is 0 Å². The topological polar surface area (TPSA) is 6.48 Å². The van der Waals surface area contributed by atoms with E-state index >= 15 is 0 Å². The Kier molecular flexibility index (Phi) is 4.94. The second kappa shape index (κ2) is 6.13. The van der Waals surface area contributed by atoms with Crippen LogP contribution in [0.5, 0.6) is 0 Å². The van der Waals surface area contributed by atoms with Crippen molar-refractivity contribution in [3.8, 4) is 0 Å². The van der Waals surface area contributed by atoms with Gasteiger partial charge in [-0.05, 0) is 58.3 Å². The van der Waals surface area contributed by atoms with Crippen molar-refractivity contribution in [3.05, 3.63) is 0 Å². The summed E-state index contributed by atoms with van der Waals surface area (Å²) in [6.07, 6.45) is 5.81. The maximum Gasteiger partial charge on any atom is 0.0126 e. The largest absolute Gasteiger partial charge is 0.298 e. The molecule has 0 N–H and O–H groups in total. The average molecular weight is 266 g/mol. The van der Waals surface area contributed by atoms with Crippen LogP contribution in [0.4, 0.5) is 0 Å². The highest BCUT2D eigenvalue weighted by Gasteiger charge is 2.31. The minimum Gasteiger partial charge on any atom is -0.298 e. The number of nitrogens with zero attached hydrogens (tertiary/aromatic N) is 2. The van der Waals surface area contributed by atoms with Crippen LogP contribution in [0.25, 0.3) is 0 Å². The molecule has 0 aromatic carbocycles. The van der Waals surface area contributed by atoms with E-state index in [0.29, 0.717) is 5.54 Å². The number of rotatable bonds is 2. The van der Waals surface area contributed by atoms with Crippen LogP contribution >= 0.6 is 0 Å². The molecule has 1 heterocycles. The van der Waals surface area contributed by atoms with Crippen molar-refractivity contribution < 1.29 is 0 Å². The molecular formula is C17H34N2. The van der Waals surface area contributed by atoms with Crippen LogP contribution in [-0.4, -0.2) is 47.6 Å². The van der Waals surface area contributed by atoms with Gasteiger partial charge >= 0.3 is 0 Å². The zero-order chi connectivity index (χ0) is 14.0. The molecule has 0 bridgehead atoms. The Labute approximate surface area is 120 Å². The Morgan fingerprint density at radius 1 is 0.842 bits per heavy atom. The Balaban J connectivity index is 1.77. The van der Waals surface area contributed by atoms with Crippen molar-refractivity contribution in [1.29, 1.82) is 0 Å². The lowest BCUT2D eigenvalue weighted by Gasteiger charge is -2.46. The summed E-state index contributed by atoms with van der Waals surface area (Å²) in [6.45, 7) is 16.9. The zero-order valence-electron chi connectivity index (χ0n) is 13.8. The van der Waals surface area contributed by atoms with E-state index in [9.17, 15) is 0 Å². The fourth-order valence-electron chi connectivity index (χ4n) is 3.89. The van der Waals surface area contributed by atoms with Gasteiger partial charge in [-0.1, -0.05) is 13.8 Å². The fourth-order valence-corrected chi connectivity index (χ4v) is 3.89. The maximum atomic E-state index is 2.78. The molecule has 2 heteroatoms. The van der Waals surface area contributed by atoms with Crippen LogP contribution in [0.15, 0.2) is 0 Å². The Morgan fingerprint density at radius 3 is 1.79 bits per heavy atom. The van der Waals surface area contributed by atoms with Crippen molar-refractivity contribution in [2.45, 2.75) is 71.9 Å². The van der Waals surface area contributed by atoms with Crippen LogP contribution in [0.2, 0.25) is 0 Å². The summed E-state index contributed by atoms with van der Waals surface area (Å²) in [6, 6.07) is 0.886. The maximum absolute atomic E-state index is 2.78. The van der Waals surface area contributed by atoms with Crippen molar-refractivity contribution in [2.24, 2.45) is 11.8 Å². The number of hydrogen-bond donors (Lipinski definition) is 0. The second-order valence-electron chi connectivity index (χ2n) is 8.01. The third kappa shape index (κ3) is 3.95. The smallest absolute Gasteiger partial charge is 0.0126 e. The standard InChI is InChI=1S/C17H34N2/c1-14(2)15-6-8-16(9-7-15)18-10-12-19(13-11-18)17(3,4)5/h14-16H,6-13H2,1-5H3/t15-,16-. The van der Waals surface area contributed by atoms with Crippen molar-refractivity contribution in [2.75, 3.05) is 26.2 Å². The molecule has 0 aromatic heterocycles. The molecule has 2 nitrogen and oxygen atoms in total. The highest BCUT2D eigenvalue weighted by Crippen LogP contribution is 2.32. The molecule has 2 rings (SSSR count). The first-order valence-corrected chi connectivity index (χ1v) is 8.37. The Hall–Kier alpha value is -0.0800. The SMILES string of the molecule is CC(C)[C@H]1CC[C@H](N2CCN(C(C)(C)C)CC2)CC1. The molecule has 1 saturated heterocycles. The van der Waals surface area contributed by atoms with E-state index in [1.54, 1.807) is 0 Å². The van der Waals surface area contributed by atoms with E-state index in [1.807, 2.05) is 0 Å². The van der Waals surface area contributed by atoms with E-state index in [4.69, 9.17) is 0 Å². The Bertz CT molecular complexity index is 263. The Morgan fingerprint density at radius 2 is 1.37 bits per heavy atom. The highest BCUT2D eigenvalue weighted by molar-refractivity contribution is 4.87. The quantitative estimate of drug-likeness (QED) is 0.753. The minimum absolute atomic E-state index is 0.349. The molecule has 2 fully saturated rings. The van der Waals surface area contributed by atoms with E-state index in [1.165, 1.54) is 51.9 Å². The van der Waals surface area contributed by atoms with Gasteiger partial charge in [0.25, 0.3) is 0 Å². The number of hydrogen-bond acceptors (Lipinski definition) is 2. The third-order valence-electron chi connectivity index (χ3n) is 5.46. The van der Waals surface area contributed by atoms with Crippen molar-refractivity contribution >= 4 is 0 Å². The zero-order valence-corrected chi connectivity index (χ0v) is 13.8. The van der Waals surface area contributed by atoms with Gasteiger partial charge in [-0.15, -0.1) is 0 Å². The molecule has 0 unspecified atom stereocenters. The van der Waals surface area contributed by atoms with Crippen LogP contribution in [-0.2, 0) is 0 Å². The normalized spacial score (nSPS) is 31.9. The van der Waals surface area contributed by atoms with Gasteiger partial charge in [0.15, 0.2) is 0 Å². The fraction of sp³-hybridized carbons (Fsp3) is 1.00. The summed E-state index contributed by atoms with van der Waals surface area (Å²) < 4.78 is 0. The summed E-state index contributed by atoms with van der Waals surface area (Å²) in [5.74, 6) is 1.88. The summed E-state index contributed by atoms with van der Waals surface area (Å²) in [4.78, 5) is 5.42. The van der Waals surface area contributed by atoms with Gasteiger partial charge in [-0.2, -0.15) is 0 Å². The van der Waals surface area contributed by atoms with Crippen LogP contribution in [0, 0.1) is 11.8 Å². The van der Waals surface area contributed by atoms with E-state index in [2.05, 4.69) is 44.4 Å². The molecule has 1 saturated carbocycles. The molecule has 0 radical (unpaired) electrons. The molecule has 0 aromatic rings. The second-order valence-corrected chi connectivity index (χ2v) is 8.01. The van der Waals surface area contributed by atoms with Gasteiger partial charge in [-0.3, -0.25) is 9.80 Å². The van der Waals surface area contributed by atoms with Gasteiger partial charge in [0.2, 0.25) is 0 Å². The van der Waals surface area contributed by atoms with Crippen LogP contribution in [0.3, 0.4) is 0 Å². The highest BCUT2D eigenvalue weighted by atomic mass is 15.3. The van der Waals surface area contributed by atoms with Gasteiger partial charge in [0.1, 0.15) is 0 Å². The molecule has 112 valence electrons. The molecule has 19 heavy (non-hydrogen) atoms. The first-order chi connectivity index (χ1) is 8.88. The third-order valence-corrected chi connectivity index (χ3v) is 5.46. The predicted molar refractivity (Wildman–Crippen MR) is 83.5 cm³/mol. The summed E-state index contributed by atoms with van der Waals surface area (Å²) in [5.41, 5.74) is 0.349. The van der Waals surface area contributed by atoms with Gasteiger partial charge in [0, 0.05) is 37.8 Å². The van der Waals surface area contributed by atoms with Crippen molar-refractivity contribution in [3.63, 3.8) is 0 Å². The summed E-state index contributed by atoms with van der Waals surface area (Å²) in [7, 11) is 0. The summed E-state index contributed by atoms with van der Waals surface area (Å²) >= 11 is 0. The lowest BCUT2D eigenvalue weighted by atomic mass is 9.79. The van der Waals surface area contributed by atoms with E-state index in [-0.39, 0.29) is 0 Å². The van der Waals surface area contributed by atoms with E-state index < -0.39 is 0 Å². The molecule has 0 spiro atoms. The van der Waals surface area contributed by atoms with Gasteiger partial charge < -0.3 is 0 Å². The van der Waals surface area contributed by atoms with Crippen LogP contribution in [0.1, 0.15) is 60.3 Å². The first-order valence-electron chi connectivity index (χ1n) is 8.37. The van der Waals surface area contributed by atoms with Gasteiger partial charge in [-0.25, -0.2) is 0 Å². The monoisotopic (exact) mass is 266 g/mol. The van der Waals surface area contributed by atoms with Gasteiger partial charge in [0.05, 0.1) is 0 Å². The number of piperazine rings is 1. The first kappa shape index (κ1) is 15.3. The molecule has 2 aliphatic rings. The summed E-state index contributed by atoms with van der Waals surface area (Å²) in [5, 5.41) is 0. The molecule has 0 atom stereocenters. The lowest BCUT2D eigenvalue weighted by Crippen LogP contribution is -2.56. The average Bonchev–Trinajstić information content (AvgIpc) is 2.38. The molecule has 0 amide bonds. The minimum atomic E-state index is 0.349. The molecule has 1 aliphatic heterocycles. The lowest BCUT2D eigenvalue weighted by molar-refractivity contribution is 0.0267. The van der Waals surface area contributed by atoms with Crippen molar-refractivity contribution in [1.82, 2.24) is 9.80 Å². The molecular weight excluding hydrogens is 232 g/mol. The predicted octanol–water partition coefficient (Wildman–Crippen LogP) is 3.62. The molecule has 1 aliphatic carbocycles.